The Morgan fingerprint density at radius 2 is 1.55 bits per heavy atom. The van der Waals surface area contributed by atoms with Gasteiger partial charge >= 0.3 is 5.97 Å². The van der Waals surface area contributed by atoms with Gasteiger partial charge in [0, 0.05) is 24.7 Å². The average Bonchev–Trinajstić information content (AvgIpc) is 2.70. The van der Waals surface area contributed by atoms with E-state index >= 15 is 0 Å². The van der Waals surface area contributed by atoms with Crippen molar-refractivity contribution in [3.05, 3.63) is 88.5 Å². The van der Waals surface area contributed by atoms with E-state index in [9.17, 15) is 19.7 Å². The van der Waals surface area contributed by atoms with Crippen LogP contribution in [0.3, 0.4) is 0 Å². The van der Waals surface area contributed by atoms with E-state index in [0.29, 0.717) is 22.9 Å². The monoisotopic (exact) mass is 392 g/mol. The zero-order valence-electron chi connectivity index (χ0n) is 15.3. The lowest BCUT2D eigenvalue weighted by molar-refractivity contribution is -0.384. The Morgan fingerprint density at radius 3 is 2.17 bits per heavy atom. The molecule has 8 heteroatoms. The Hall–Kier alpha value is -4.20. The van der Waals surface area contributed by atoms with Crippen molar-refractivity contribution in [1.82, 2.24) is 0 Å². The highest BCUT2D eigenvalue weighted by atomic mass is 16.6. The van der Waals surface area contributed by atoms with E-state index in [1.54, 1.807) is 42.5 Å². The standard InChI is InChI=1S/C21H16N2O6/c1-14(24)22-16-5-9-19(10-6-16)29-21(25)15-3-2-4-20(13-15)28-18-11-7-17(8-12-18)23(26)27/h2-13H,1H3,(H,22,24). The number of rotatable bonds is 6. The molecule has 1 N–H and O–H groups in total. The van der Waals surface area contributed by atoms with Crippen LogP contribution in [0.25, 0.3) is 0 Å². The Labute approximate surface area is 165 Å². The Balaban J connectivity index is 1.67. The molecule has 8 nitrogen and oxygen atoms in total. The molecule has 0 atom stereocenters. The molecule has 146 valence electrons. The second kappa shape index (κ2) is 8.66. The average molecular weight is 392 g/mol. The van der Waals surface area contributed by atoms with E-state index in [0.717, 1.165) is 0 Å². The van der Waals surface area contributed by atoms with Crippen molar-refractivity contribution in [2.24, 2.45) is 0 Å². The van der Waals surface area contributed by atoms with Crippen LogP contribution < -0.4 is 14.8 Å². The van der Waals surface area contributed by atoms with Crippen molar-refractivity contribution in [2.75, 3.05) is 5.32 Å². The smallest absolute Gasteiger partial charge is 0.343 e. The van der Waals surface area contributed by atoms with Gasteiger partial charge in [0.1, 0.15) is 17.2 Å². The van der Waals surface area contributed by atoms with Crippen molar-refractivity contribution in [2.45, 2.75) is 6.92 Å². The van der Waals surface area contributed by atoms with Gasteiger partial charge in [-0.3, -0.25) is 14.9 Å². The van der Waals surface area contributed by atoms with E-state index in [1.165, 1.54) is 37.3 Å². The lowest BCUT2D eigenvalue weighted by Gasteiger charge is -2.08. The molecular formula is C21H16N2O6. The third-order valence-corrected chi connectivity index (χ3v) is 3.74. The van der Waals surface area contributed by atoms with E-state index in [1.807, 2.05) is 0 Å². The number of nitrogens with zero attached hydrogens (tertiary/aromatic N) is 1. The van der Waals surface area contributed by atoms with Crippen LogP contribution in [0.4, 0.5) is 11.4 Å². The summed E-state index contributed by atoms with van der Waals surface area (Å²) in [5, 5.41) is 13.3. The van der Waals surface area contributed by atoms with E-state index in [-0.39, 0.29) is 17.2 Å². The second-order valence-corrected chi connectivity index (χ2v) is 5.98. The third kappa shape index (κ3) is 5.39. The molecule has 0 aromatic heterocycles. The van der Waals surface area contributed by atoms with E-state index in [2.05, 4.69) is 5.32 Å². The summed E-state index contributed by atoms with van der Waals surface area (Å²) < 4.78 is 11.0. The van der Waals surface area contributed by atoms with E-state index < -0.39 is 10.9 Å². The summed E-state index contributed by atoms with van der Waals surface area (Å²) in [6.07, 6.45) is 0. The number of nitro groups is 1. The number of nitrogens with one attached hydrogen (secondary N) is 1. The maximum absolute atomic E-state index is 12.4. The molecule has 3 aromatic carbocycles. The summed E-state index contributed by atoms with van der Waals surface area (Å²) in [7, 11) is 0. The number of hydrogen-bond donors (Lipinski definition) is 1. The fourth-order valence-corrected chi connectivity index (χ4v) is 2.43. The Kier molecular flexibility index (Phi) is 5.84. The highest BCUT2D eigenvalue weighted by molar-refractivity contribution is 5.92. The minimum atomic E-state index is -0.577. The molecule has 0 saturated carbocycles. The highest BCUT2D eigenvalue weighted by Crippen LogP contribution is 2.25. The summed E-state index contributed by atoms with van der Waals surface area (Å²) in [5.41, 5.74) is 0.824. The topological polar surface area (TPSA) is 108 Å². The first-order valence-electron chi connectivity index (χ1n) is 8.53. The van der Waals surface area contributed by atoms with Crippen molar-refractivity contribution < 1.29 is 24.0 Å². The predicted molar refractivity (Wildman–Crippen MR) is 105 cm³/mol. The number of carbonyl (C=O) groups is 2. The van der Waals surface area contributed by atoms with Gasteiger partial charge in [-0.1, -0.05) is 6.07 Å². The van der Waals surface area contributed by atoms with Gasteiger partial charge in [-0.25, -0.2) is 4.79 Å². The molecule has 0 aliphatic rings. The van der Waals surface area contributed by atoms with Crippen molar-refractivity contribution >= 4 is 23.3 Å². The van der Waals surface area contributed by atoms with Gasteiger partial charge in [0.25, 0.3) is 5.69 Å². The first-order chi connectivity index (χ1) is 13.9. The molecule has 0 spiro atoms. The quantitative estimate of drug-likeness (QED) is 0.285. The number of ether oxygens (including phenoxy) is 2. The molecule has 0 radical (unpaired) electrons. The molecule has 0 aliphatic carbocycles. The van der Waals surface area contributed by atoms with Crippen molar-refractivity contribution in [1.29, 1.82) is 0 Å². The lowest BCUT2D eigenvalue weighted by Crippen LogP contribution is -2.09. The van der Waals surface area contributed by atoms with Crippen LogP contribution in [0, 0.1) is 10.1 Å². The zero-order chi connectivity index (χ0) is 20.8. The summed E-state index contributed by atoms with van der Waals surface area (Å²) >= 11 is 0. The number of amides is 1. The summed E-state index contributed by atoms with van der Waals surface area (Å²) in [5.74, 6) is 0.334. The minimum absolute atomic E-state index is 0.0424. The summed E-state index contributed by atoms with van der Waals surface area (Å²) in [6.45, 7) is 1.40. The Bertz CT molecular complexity index is 1050. The number of nitro benzene ring substituents is 1. The number of esters is 1. The zero-order valence-corrected chi connectivity index (χ0v) is 15.3. The van der Waals surface area contributed by atoms with Crippen LogP contribution in [0.1, 0.15) is 17.3 Å². The first-order valence-corrected chi connectivity index (χ1v) is 8.53. The number of carbonyl (C=O) groups excluding carboxylic acids is 2. The molecule has 0 aliphatic heterocycles. The molecule has 3 aromatic rings. The molecule has 0 heterocycles. The third-order valence-electron chi connectivity index (χ3n) is 3.74. The first kappa shape index (κ1) is 19.6. The summed E-state index contributed by atoms with van der Waals surface area (Å²) in [4.78, 5) is 33.6. The minimum Gasteiger partial charge on any atom is -0.457 e. The normalized spacial score (nSPS) is 10.1. The second-order valence-electron chi connectivity index (χ2n) is 5.98. The molecular weight excluding hydrogens is 376 g/mol. The van der Waals surface area contributed by atoms with Gasteiger partial charge in [0.05, 0.1) is 10.5 Å². The molecule has 3 rings (SSSR count). The maximum atomic E-state index is 12.4. The maximum Gasteiger partial charge on any atom is 0.343 e. The van der Waals surface area contributed by atoms with Crippen molar-refractivity contribution in [3.8, 4) is 17.2 Å². The Morgan fingerprint density at radius 1 is 0.897 bits per heavy atom. The highest BCUT2D eigenvalue weighted by Gasteiger charge is 2.11. The molecule has 29 heavy (non-hydrogen) atoms. The molecule has 1 amide bonds. The van der Waals surface area contributed by atoms with Gasteiger partial charge in [-0.2, -0.15) is 0 Å². The van der Waals surface area contributed by atoms with Gasteiger partial charge < -0.3 is 14.8 Å². The van der Waals surface area contributed by atoms with Crippen molar-refractivity contribution in [3.63, 3.8) is 0 Å². The van der Waals surface area contributed by atoms with Crippen LogP contribution in [0.2, 0.25) is 0 Å². The number of benzene rings is 3. The van der Waals surface area contributed by atoms with Crippen LogP contribution >= 0.6 is 0 Å². The number of anilines is 1. The molecule has 0 unspecified atom stereocenters. The van der Waals surface area contributed by atoms with Gasteiger partial charge in [-0.15, -0.1) is 0 Å². The van der Waals surface area contributed by atoms with Gasteiger partial charge in [0.2, 0.25) is 5.91 Å². The van der Waals surface area contributed by atoms with Gasteiger partial charge in [0.15, 0.2) is 0 Å². The number of hydrogen-bond acceptors (Lipinski definition) is 6. The van der Waals surface area contributed by atoms with E-state index in [4.69, 9.17) is 9.47 Å². The molecule has 0 bridgehead atoms. The van der Waals surface area contributed by atoms with Crippen LogP contribution in [-0.4, -0.2) is 16.8 Å². The number of non-ortho nitro benzene ring substituents is 1. The molecule has 0 fully saturated rings. The predicted octanol–water partition coefficient (Wildman–Crippen LogP) is 4.56. The van der Waals surface area contributed by atoms with Crippen LogP contribution in [0.5, 0.6) is 17.2 Å². The molecule has 0 saturated heterocycles. The van der Waals surface area contributed by atoms with Gasteiger partial charge in [-0.05, 0) is 54.6 Å². The lowest BCUT2D eigenvalue weighted by atomic mass is 10.2. The fourth-order valence-electron chi connectivity index (χ4n) is 2.43. The largest absolute Gasteiger partial charge is 0.457 e. The van der Waals surface area contributed by atoms with Crippen LogP contribution in [-0.2, 0) is 4.79 Å². The fraction of sp³-hybridized carbons (Fsp3) is 0.0476. The SMILES string of the molecule is CC(=O)Nc1ccc(OC(=O)c2cccc(Oc3ccc([N+](=O)[O-])cc3)c2)cc1. The van der Waals surface area contributed by atoms with Crippen LogP contribution in [0.15, 0.2) is 72.8 Å². The summed E-state index contributed by atoms with van der Waals surface area (Å²) in [6, 6.07) is 18.4.